The lowest BCUT2D eigenvalue weighted by molar-refractivity contribution is -0.139. The summed E-state index contributed by atoms with van der Waals surface area (Å²) >= 11 is 1.44. The molecule has 122 valence electrons. The number of nitrogens with one attached hydrogen (secondary N) is 2. The summed E-state index contributed by atoms with van der Waals surface area (Å²) in [6.45, 7) is 1.34. The van der Waals surface area contributed by atoms with Gasteiger partial charge in [0.1, 0.15) is 6.04 Å². The van der Waals surface area contributed by atoms with Crippen molar-refractivity contribution in [2.45, 2.75) is 24.3 Å². The van der Waals surface area contributed by atoms with Crippen LogP contribution in [0.15, 0.2) is 29.2 Å². The quantitative estimate of drug-likeness (QED) is 0.650. The van der Waals surface area contributed by atoms with Crippen LogP contribution in [0.25, 0.3) is 0 Å². The highest BCUT2D eigenvalue weighted by Gasteiger charge is 2.24. The first kappa shape index (κ1) is 18.5. The van der Waals surface area contributed by atoms with E-state index in [4.69, 9.17) is 5.11 Å². The number of sulfonamides is 1. The largest absolute Gasteiger partial charge is 0.480 e. The summed E-state index contributed by atoms with van der Waals surface area (Å²) in [5, 5.41) is 11.6. The second kappa shape index (κ2) is 8.16. The SMILES string of the molecule is CSCC[C@@H](NS(=O)(=O)c1ccc(NC(C)=O)cc1)C(=O)O. The van der Waals surface area contributed by atoms with Crippen molar-refractivity contribution in [1.29, 1.82) is 0 Å². The molecular formula is C13H18N2O5S2. The molecule has 0 saturated heterocycles. The average molecular weight is 346 g/mol. The first-order valence-electron chi connectivity index (χ1n) is 6.38. The minimum absolute atomic E-state index is 0.0583. The molecule has 7 nitrogen and oxygen atoms in total. The number of amides is 1. The summed E-state index contributed by atoms with van der Waals surface area (Å²) < 4.78 is 26.5. The Labute approximate surface area is 133 Å². The molecule has 0 saturated carbocycles. The van der Waals surface area contributed by atoms with Crippen LogP contribution >= 0.6 is 11.8 Å². The zero-order valence-corrected chi connectivity index (χ0v) is 13.8. The number of hydrogen-bond acceptors (Lipinski definition) is 5. The molecule has 1 rings (SSSR count). The predicted octanol–water partition coefficient (Wildman–Crippen LogP) is 1.13. The van der Waals surface area contributed by atoms with Gasteiger partial charge in [-0.1, -0.05) is 0 Å². The van der Waals surface area contributed by atoms with E-state index in [1.807, 2.05) is 6.26 Å². The third-order valence-electron chi connectivity index (χ3n) is 2.69. The monoisotopic (exact) mass is 346 g/mol. The summed E-state index contributed by atoms with van der Waals surface area (Å²) in [5.74, 6) is -0.953. The molecular weight excluding hydrogens is 328 g/mol. The van der Waals surface area contributed by atoms with Crippen molar-refractivity contribution in [3.63, 3.8) is 0 Å². The van der Waals surface area contributed by atoms with Crippen LogP contribution in [0.3, 0.4) is 0 Å². The van der Waals surface area contributed by atoms with Gasteiger partial charge in [0.05, 0.1) is 4.90 Å². The molecule has 9 heteroatoms. The zero-order valence-electron chi connectivity index (χ0n) is 12.2. The summed E-state index contributed by atoms with van der Waals surface area (Å²) in [6.07, 6.45) is 2.01. The Bertz CT molecular complexity index is 628. The normalized spacial score (nSPS) is 12.6. The molecule has 0 fully saturated rings. The van der Waals surface area contributed by atoms with Gasteiger partial charge in [-0.2, -0.15) is 16.5 Å². The average Bonchev–Trinajstić information content (AvgIpc) is 2.43. The minimum Gasteiger partial charge on any atom is -0.480 e. The van der Waals surface area contributed by atoms with Crippen LogP contribution in [0, 0.1) is 0 Å². The first-order valence-corrected chi connectivity index (χ1v) is 9.25. The maximum absolute atomic E-state index is 12.2. The Hall–Kier alpha value is -1.58. The first-order chi connectivity index (χ1) is 10.3. The Morgan fingerprint density at radius 3 is 2.32 bits per heavy atom. The van der Waals surface area contributed by atoms with Gasteiger partial charge in [-0.05, 0) is 42.7 Å². The maximum Gasteiger partial charge on any atom is 0.321 e. The molecule has 1 aromatic carbocycles. The maximum atomic E-state index is 12.2. The Balaban J connectivity index is 2.88. The van der Waals surface area contributed by atoms with Crippen LogP contribution in [0.4, 0.5) is 5.69 Å². The smallest absolute Gasteiger partial charge is 0.321 e. The van der Waals surface area contributed by atoms with Crippen molar-refractivity contribution < 1.29 is 23.1 Å². The van der Waals surface area contributed by atoms with Crippen LogP contribution in [0.1, 0.15) is 13.3 Å². The second-order valence-corrected chi connectivity index (χ2v) is 7.20. The van der Waals surface area contributed by atoms with Gasteiger partial charge in [0.25, 0.3) is 0 Å². The summed E-state index contributed by atoms with van der Waals surface area (Å²) in [6, 6.07) is 4.32. The van der Waals surface area contributed by atoms with Crippen LogP contribution < -0.4 is 10.0 Å². The highest BCUT2D eigenvalue weighted by molar-refractivity contribution is 7.98. The molecule has 0 spiro atoms. The molecule has 3 N–H and O–H groups in total. The fourth-order valence-electron chi connectivity index (χ4n) is 1.64. The lowest BCUT2D eigenvalue weighted by atomic mass is 10.2. The number of carboxylic acid groups (broad SMARTS) is 1. The van der Waals surface area contributed by atoms with Crippen molar-refractivity contribution in [2.75, 3.05) is 17.3 Å². The molecule has 1 amide bonds. The van der Waals surface area contributed by atoms with E-state index in [2.05, 4.69) is 10.0 Å². The number of hydrogen-bond donors (Lipinski definition) is 3. The van der Waals surface area contributed by atoms with E-state index in [9.17, 15) is 18.0 Å². The Morgan fingerprint density at radius 2 is 1.86 bits per heavy atom. The van der Waals surface area contributed by atoms with Crippen molar-refractivity contribution in [1.82, 2.24) is 4.72 Å². The lowest BCUT2D eigenvalue weighted by Crippen LogP contribution is -2.41. The molecule has 0 aliphatic carbocycles. The number of carbonyl (C=O) groups is 2. The van der Waals surface area contributed by atoms with E-state index in [1.165, 1.54) is 43.0 Å². The summed E-state index contributed by atoms with van der Waals surface area (Å²) in [7, 11) is -3.93. The number of anilines is 1. The van der Waals surface area contributed by atoms with Gasteiger partial charge in [-0.25, -0.2) is 8.42 Å². The number of benzene rings is 1. The molecule has 22 heavy (non-hydrogen) atoms. The van der Waals surface area contributed by atoms with Gasteiger partial charge >= 0.3 is 5.97 Å². The molecule has 0 bridgehead atoms. The van der Waals surface area contributed by atoms with E-state index in [1.54, 1.807) is 0 Å². The minimum atomic E-state index is -3.93. The number of carboxylic acids is 1. The van der Waals surface area contributed by atoms with Crippen LogP contribution in [0.5, 0.6) is 0 Å². The molecule has 0 aliphatic heterocycles. The van der Waals surface area contributed by atoms with Crippen molar-refractivity contribution >= 4 is 39.3 Å². The van der Waals surface area contributed by atoms with Crippen LogP contribution in [-0.2, 0) is 19.6 Å². The molecule has 0 aromatic heterocycles. The van der Waals surface area contributed by atoms with Crippen molar-refractivity contribution in [3.8, 4) is 0 Å². The summed E-state index contributed by atoms with van der Waals surface area (Å²) in [4.78, 5) is 22.0. The van der Waals surface area contributed by atoms with Gasteiger partial charge in [0.15, 0.2) is 0 Å². The van der Waals surface area contributed by atoms with Gasteiger partial charge in [-0.3, -0.25) is 9.59 Å². The fraction of sp³-hybridized carbons (Fsp3) is 0.385. The topological polar surface area (TPSA) is 113 Å². The van der Waals surface area contributed by atoms with Gasteiger partial charge in [-0.15, -0.1) is 0 Å². The van der Waals surface area contributed by atoms with E-state index < -0.39 is 22.0 Å². The van der Waals surface area contributed by atoms with E-state index in [0.29, 0.717) is 11.4 Å². The fourth-order valence-corrected chi connectivity index (χ4v) is 3.34. The van der Waals surface area contributed by atoms with E-state index in [0.717, 1.165) is 0 Å². The molecule has 0 aliphatic rings. The van der Waals surface area contributed by atoms with Gasteiger partial charge in [0, 0.05) is 12.6 Å². The molecule has 1 aromatic rings. The number of aliphatic carboxylic acids is 1. The van der Waals surface area contributed by atoms with Crippen molar-refractivity contribution in [3.05, 3.63) is 24.3 Å². The molecule has 1 atom stereocenters. The van der Waals surface area contributed by atoms with Crippen LogP contribution in [-0.4, -0.2) is 43.5 Å². The van der Waals surface area contributed by atoms with Crippen molar-refractivity contribution in [2.24, 2.45) is 0 Å². The Morgan fingerprint density at radius 1 is 1.27 bits per heavy atom. The van der Waals surface area contributed by atoms with E-state index >= 15 is 0 Å². The highest BCUT2D eigenvalue weighted by atomic mass is 32.2. The number of rotatable bonds is 8. The standard InChI is InChI=1S/C13H18N2O5S2/c1-9(16)14-10-3-5-11(6-4-10)22(19,20)15-12(13(17)18)7-8-21-2/h3-6,12,15H,7-8H2,1-2H3,(H,14,16)(H,17,18)/t12-/m1/s1. The molecule has 0 radical (unpaired) electrons. The summed E-state index contributed by atoms with van der Waals surface area (Å²) in [5.41, 5.74) is 0.462. The third-order valence-corrected chi connectivity index (χ3v) is 4.82. The number of carbonyl (C=O) groups excluding carboxylic acids is 1. The predicted molar refractivity (Wildman–Crippen MR) is 85.5 cm³/mol. The van der Waals surface area contributed by atoms with Gasteiger partial charge in [0.2, 0.25) is 15.9 Å². The van der Waals surface area contributed by atoms with Crippen LogP contribution in [0.2, 0.25) is 0 Å². The highest BCUT2D eigenvalue weighted by Crippen LogP contribution is 2.15. The Kier molecular flexibility index (Phi) is 6.85. The van der Waals surface area contributed by atoms with Gasteiger partial charge < -0.3 is 10.4 Å². The lowest BCUT2D eigenvalue weighted by Gasteiger charge is -2.14. The zero-order chi connectivity index (χ0) is 16.8. The second-order valence-electron chi connectivity index (χ2n) is 4.50. The third kappa shape index (κ3) is 5.66. The van der Waals surface area contributed by atoms with E-state index in [-0.39, 0.29) is 17.2 Å². The number of thioether (sulfide) groups is 1. The molecule has 0 unspecified atom stereocenters. The molecule has 0 heterocycles.